The molecule has 0 N–H and O–H groups in total. The molecule has 0 aliphatic heterocycles. The van der Waals surface area contributed by atoms with Crippen LogP contribution in [0.15, 0.2) is 170 Å². The molecule has 0 fully saturated rings. The first-order chi connectivity index (χ1) is 27.7. The molecule has 0 spiro atoms. The Morgan fingerprint density at radius 2 is 0.589 bits per heavy atom. The maximum atomic E-state index is 6.14. The zero-order valence-corrected chi connectivity index (χ0v) is 31.0. The molecule has 8 aromatic rings. The molecule has 0 bridgehead atoms. The third-order valence-corrected chi connectivity index (χ3v) is 9.46. The second-order valence-corrected chi connectivity index (χ2v) is 12.9. The van der Waals surface area contributed by atoms with Crippen LogP contribution in [0, 0.1) is 47.4 Å². The molecule has 0 unspecified atom stereocenters. The van der Waals surface area contributed by atoms with Crippen LogP contribution in [-0.2, 0) is 0 Å². The first-order valence-electron chi connectivity index (χ1n) is 18.3. The van der Waals surface area contributed by atoms with Crippen LogP contribution in [0.5, 0.6) is 11.5 Å². The summed E-state index contributed by atoms with van der Waals surface area (Å²) in [6, 6.07) is 56.5. The second-order valence-electron chi connectivity index (χ2n) is 12.9. The molecule has 2 nitrogen and oxygen atoms in total. The van der Waals surface area contributed by atoms with Crippen molar-refractivity contribution in [2.45, 2.75) is 0 Å². The van der Waals surface area contributed by atoms with Crippen LogP contribution >= 0.6 is 0 Å². The van der Waals surface area contributed by atoms with Gasteiger partial charge in [0.25, 0.3) is 0 Å². The van der Waals surface area contributed by atoms with E-state index in [2.05, 4.69) is 83.8 Å². The predicted octanol–water partition coefficient (Wildman–Crippen LogP) is 11.3. The summed E-state index contributed by atoms with van der Waals surface area (Å²) in [4.78, 5) is 0. The van der Waals surface area contributed by atoms with Gasteiger partial charge in [0, 0.05) is 55.6 Å². The lowest BCUT2D eigenvalue weighted by Crippen LogP contribution is -1.98. The Bertz CT molecular complexity index is 2760. The van der Waals surface area contributed by atoms with Crippen LogP contribution in [0.3, 0.4) is 0 Å². The minimum atomic E-state index is 0.707. The van der Waals surface area contributed by atoms with Gasteiger partial charge in [-0.1, -0.05) is 132 Å². The molecule has 8 rings (SSSR count). The molecule has 0 aromatic heterocycles. The van der Waals surface area contributed by atoms with Crippen LogP contribution in [0.4, 0.5) is 0 Å². The van der Waals surface area contributed by atoms with Crippen molar-refractivity contribution in [3.63, 3.8) is 0 Å². The van der Waals surface area contributed by atoms with Crippen LogP contribution in [-0.4, -0.2) is 14.2 Å². The molecule has 0 atom stereocenters. The van der Waals surface area contributed by atoms with Gasteiger partial charge in [-0.25, -0.2) is 0 Å². The van der Waals surface area contributed by atoms with Crippen molar-refractivity contribution < 1.29 is 9.47 Å². The van der Waals surface area contributed by atoms with Crippen molar-refractivity contribution in [3.05, 3.63) is 214 Å². The minimum Gasteiger partial charge on any atom is -0.496 e. The highest BCUT2D eigenvalue weighted by Crippen LogP contribution is 2.46. The predicted molar refractivity (Wildman–Crippen MR) is 230 cm³/mol. The molecule has 8 aromatic carbocycles. The lowest BCUT2D eigenvalue weighted by atomic mass is 9.87. The van der Waals surface area contributed by atoms with Crippen molar-refractivity contribution in [2.24, 2.45) is 0 Å². The number of ether oxygens (including phenoxy) is 2. The van der Waals surface area contributed by atoms with Crippen molar-refractivity contribution in [2.75, 3.05) is 14.2 Å². The van der Waals surface area contributed by atoms with Gasteiger partial charge < -0.3 is 9.47 Å². The molecule has 0 aliphatic carbocycles. The fraction of sp³-hybridized carbons (Fsp3) is 0.0370. The summed E-state index contributed by atoms with van der Waals surface area (Å²) in [6.45, 7) is 0. The Labute approximate surface area is 328 Å². The van der Waals surface area contributed by atoms with Crippen LogP contribution in [0.25, 0.3) is 32.7 Å². The van der Waals surface area contributed by atoms with E-state index in [1.807, 2.05) is 133 Å². The number of fused-ring (bicyclic) bond motifs is 2. The van der Waals surface area contributed by atoms with Crippen molar-refractivity contribution in [1.29, 1.82) is 0 Å². The van der Waals surface area contributed by atoms with Gasteiger partial charge in [-0.3, -0.25) is 0 Å². The third-order valence-electron chi connectivity index (χ3n) is 9.46. The number of methoxy groups -OCH3 is 2. The number of hydrogen-bond acceptors (Lipinski definition) is 2. The van der Waals surface area contributed by atoms with E-state index in [0.29, 0.717) is 11.5 Å². The minimum absolute atomic E-state index is 0.707. The smallest absolute Gasteiger partial charge is 0.127 e. The fourth-order valence-corrected chi connectivity index (χ4v) is 6.74. The quantitative estimate of drug-likeness (QED) is 0.170. The van der Waals surface area contributed by atoms with E-state index >= 15 is 0 Å². The van der Waals surface area contributed by atoms with Crippen molar-refractivity contribution in [1.82, 2.24) is 0 Å². The van der Waals surface area contributed by atoms with E-state index < -0.39 is 0 Å². The standard InChI is InChI=1S/C54H34O2/c1-55-51-37-35-47-45(31-25-41-19-11-5-12-20-41)43(27-23-39-15-7-3-8-16-39)29-33-49(47)53(51)54-50-34-30-44(28-24-40-17-9-4-10-18-40)46(48(50)36-38-52(54)56-2)32-26-42-21-13-6-14-22-42/h3-22,29-30,33-38H,1-2H3. The topological polar surface area (TPSA) is 18.5 Å². The summed E-state index contributed by atoms with van der Waals surface area (Å²) in [5, 5.41) is 3.83. The first-order valence-corrected chi connectivity index (χ1v) is 18.3. The molecule has 0 heterocycles. The van der Waals surface area contributed by atoms with Gasteiger partial charge in [0.15, 0.2) is 0 Å². The lowest BCUT2D eigenvalue weighted by Gasteiger charge is -2.19. The third kappa shape index (κ3) is 7.47. The zero-order valence-electron chi connectivity index (χ0n) is 31.0. The summed E-state index contributed by atoms with van der Waals surface area (Å²) < 4.78 is 12.3. The number of benzene rings is 8. The first kappa shape index (κ1) is 35.2. The maximum absolute atomic E-state index is 6.14. The van der Waals surface area contributed by atoms with Gasteiger partial charge in [-0.15, -0.1) is 0 Å². The van der Waals surface area contributed by atoms with Gasteiger partial charge in [0.2, 0.25) is 0 Å². The Balaban J connectivity index is 1.40. The number of hydrogen-bond donors (Lipinski definition) is 0. The molecular formula is C54H34O2. The van der Waals surface area contributed by atoms with E-state index in [1.54, 1.807) is 14.2 Å². The number of rotatable bonds is 3. The molecule has 0 amide bonds. The molecule has 56 heavy (non-hydrogen) atoms. The van der Waals surface area contributed by atoms with Crippen molar-refractivity contribution >= 4 is 21.5 Å². The normalized spacial score (nSPS) is 10.1. The Morgan fingerprint density at radius 3 is 0.911 bits per heavy atom. The van der Waals surface area contributed by atoms with Gasteiger partial charge in [0.05, 0.1) is 14.2 Å². The molecule has 0 saturated carbocycles. The average molecular weight is 715 g/mol. The molecule has 0 saturated heterocycles. The van der Waals surface area contributed by atoms with E-state index in [0.717, 1.165) is 77.2 Å². The highest BCUT2D eigenvalue weighted by molar-refractivity contribution is 6.12. The van der Waals surface area contributed by atoms with Crippen LogP contribution in [0.1, 0.15) is 44.5 Å². The van der Waals surface area contributed by atoms with E-state index in [1.165, 1.54) is 0 Å². The molecule has 2 heteroatoms. The average Bonchev–Trinajstić information content (AvgIpc) is 3.26. The monoisotopic (exact) mass is 714 g/mol. The second kappa shape index (κ2) is 16.4. The SMILES string of the molecule is COc1ccc2c(C#Cc3ccccc3)c(C#Cc3ccccc3)ccc2c1-c1c(OC)ccc2c(C#Cc3ccccc3)c(C#Cc3ccccc3)ccc12. The van der Waals surface area contributed by atoms with Crippen molar-refractivity contribution in [3.8, 4) is 70.0 Å². The largest absolute Gasteiger partial charge is 0.496 e. The van der Waals surface area contributed by atoms with Gasteiger partial charge in [-0.05, 0) is 106 Å². The van der Waals surface area contributed by atoms with Crippen LogP contribution in [0.2, 0.25) is 0 Å². The highest BCUT2D eigenvalue weighted by Gasteiger charge is 2.21. The molecule has 0 radical (unpaired) electrons. The molecule has 262 valence electrons. The zero-order chi connectivity index (χ0) is 38.1. The Hall–Kier alpha value is -7.88. The molecular weight excluding hydrogens is 681 g/mol. The summed E-state index contributed by atoms with van der Waals surface area (Å²) in [7, 11) is 3.40. The highest BCUT2D eigenvalue weighted by atomic mass is 16.5. The van der Waals surface area contributed by atoms with Gasteiger partial charge in [0.1, 0.15) is 11.5 Å². The van der Waals surface area contributed by atoms with E-state index in [-0.39, 0.29) is 0 Å². The van der Waals surface area contributed by atoms with Gasteiger partial charge in [-0.2, -0.15) is 0 Å². The Kier molecular flexibility index (Phi) is 10.3. The summed E-state index contributed by atoms with van der Waals surface area (Å²) in [5.74, 6) is 28.8. The lowest BCUT2D eigenvalue weighted by molar-refractivity contribution is 0.411. The van der Waals surface area contributed by atoms with Gasteiger partial charge >= 0.3 is 0 Å². The summed E-state index contributed by atoms with van der Waals surface area (Å²) in [5.41, 5.74) is 8.85. The Morgan fingerprint density at radius 1 is 0.286 bits per heavy atom. The maximum Gasteiger partial charge on any atom is 0.127 e. The summed E-state index contributed by atoms with van der Waals surface area (Å²) >= 11 is 0. The molecule has 0 aliphatic rings. The van der Waals surface area contributed by atoms with E-state index in [4.69, 9.17) is 9.47 Å². The summed E-state index contributed by atoms with van der Waals surface area (Å²) in [6.07, 6.45) is 0. The fourth-order valence-electron chi connectivity index (χ4n) is 6.74. The van der Waals surface area contributed by atoms with Crippen LogP contribution < -0.4 is 9.47 Å². The van der Waals surface area contributed by atoms with E-state index in [9.17, 15) is 0 Å².